The van der Waals surface area contributed by atoms with Crippen molar-refractivity contribution in [2.24, 2.45) is 0 Å². The van der Waals surface area contributed by atoms with E-state index in [-0.39, 0.29) is 0 Å². The Balaban J connectivity index is 1.20. The number of fused-ring (bicyclic) bond motifs is 1. The van der Waals surface area contributed by atoms with Gasteiger partial charge in [-0.3, -0.25) is 0 Å². The Bertz CT molecular complexity index is 2460. The second kappa shape index (κ2) is 13.4. The Morgan fingerprint density at radius 3 is 1.13 bits per heavy atom. The molecular formula is C47H32N4O. The van der Waals surface area contributed by atoms with Gasteiger partial charge in [0, 0.05) is 22.3 Å². The van der Waals surface area contributed by atoms with Crippen LogP contribution in [-0.2, 0) is 5.41 Å². The van der Waals surface area contributed by atoms with E-state index < -0.39 is 5.41 Å². The summed E-state index contributed by atoms with van der Waals surface area (Å²) in [5, 5.41) is 0. The van der Waals surface area contributed by atoms with E-state index in [4.69, 9.17) is 24.4 Å². The van der Waals surface area contributed by atoms with Crippen LogP contribution in [0.15, 0.2) is 199 Å². The molecule has 0 bridgehead atoms. The molecule has 0 atom stereocenters. The van der Waals surface area contributed by atoms with Gasteiger partial charge in [0.15, 0.2) is 23.1 Å². The van der Waals surface area contributed by atoms with Crippen LogP contribution in [-0.4, -0.2) is 19.9 Å². The van der Waals surface area contributed by atoms with E-state index in [1.54, 1.807) is 0 Å². The molecule has 246 valence electrons. The van der Waals surface area contributed by atoms with E-state index in [0.29, 0.717) is 23.4 Å². The van der Waals surface area contributed by atoms with Crippen molar-refractivity contribution in [3.8, 4) is 45.6 Å². The SMILES string of the molecule is c1ccc(-c2nc(-c3ccccc3)nc(-c3ccc(C(c4ccccc4)(c4ccccc4)c4ccc(-c5nc6ccccc6o5)cc4)cc3)n2)cc1. The summed E-state index contributed by atoms with van der Waals surface area (Å²) in [5.74, 6) is 2.49. The Morgan fingerprint density at radius 2 is 0.673 bits per heavy atom. The lowest BCUT2D eigenvalue weighted by atomic mass is 9.65. The fraction of sp³-hybridized carbons (Fsp3) is 0.0213. The van der Waals surface area contributed by atoms with Gasteiger partial charge in [-0.15, -0.1) is 0 Å². The zero-order valence-electron chi connectivity index (χ0n) is 28.2. The summed E-state index contributed by atoms with van der Waals surface area (Å²) >= 11 is 0. The number of hydrogen-bond acceptors (Lipinski definition) is 5. The monoisotopic (exact) mass is 668 g/mol. The summed E-state index contributed by atoms with van der Waals surface area (Å²) in [6, 6.07) is 66.6. The van der Waals surface area contributed by atoms with E-state index in [1.807, 2.05) is 84.9 Å². The highest BCUT2D eigenvalue weighted by molar-refractivity contribution is 5.76. The number of benzene rings is 7. The van der Waals surface area contributed by atoms with Gasteiger partial charge in [0.2, 0.25) is 5.89 Å². The molecule has 0 spiro atoms. The third-order valence-electron chi connectivity index (χ3n) is 9.55. The largest absolute Gasteiger partial charge is 0.436 e. The highest BCUT2D eigenvalue weighted by Gasteiger charge is 2.38. The van der Waals surface area contributed by atoms with E-state index >= 15 is 0 Å². The number of hydrogen-bond donors (Lipinski definition) is 0. The van der Waals surface area contributed by atoms with Crippen LogP contribution in [0.25, 0.3) is 56.7 Å². The lowest BCUT2D eigenvalue weighted by molar-refractivity contribution is 0.619. The van der Waals surface area contributed by atoms with Crippen molar-refractivity contribution in [3.05, 3.63) is 216 Å². The molecule has 7 aromatic carbocycles. The molecule has 0 radical (unpaired) electrons. The highest BCUT2D eigenvalue weighted by Crippen LogP contribution is 2.46. The first kappa shape index (κ1) is 31.0. The van der Waals surface area contributed by atoms with Gasteiger partial charge >= 0.3 is 0 Å². The van der Waals surface area contributed by atoms with Crippen molar-refractivity contribution in [2.45, 2.75) is 5.41 Å². The molecule has 0 amide bonds. The van der Waals surface area contributed by atoms with Crippen molar-refractivity contribution in [1.29, 1.82) is 0 Å². The van der Waals surface area contributed by atoms with Crippen molar-refractivity contribution >= 4 is 11.1 Å². The summed E-state index contributed by atoms with van der Waals surface area (Å²) in [5.41, 5.74) is 9.23. The smallest absolute Gasteiger partial charge is 0.227 e. The maximum absolute atomic E-state index is 6.13. The summed E-state index contributed by atoms with van der Waals surface area (Å²) in [4.78, 5) is 19.6. The second-order valence-electron chi connectivity index (χ2n) is 12.7. The molecule has 0 saturated heterocycles. The van der Waals surface area contributed by atoms with Crippen molar-refractivity contribution in [1.82, 2.24) is 19.9 Å². The molecular weight excluding hydrogens is 637 g/mol. The predicted molar refractivity (Wildman–Crippen MR) is 207 cm³/mol. The number of oxazole rings is 1. The first-order valence-corrected chi connectivity index (χ1v) is 17.3. The Hall–Kier alpha value is -6.98. The van der Waals surface area contributed by atoms with Crippen molar-refractivity contribution in [2.75, 3.05) is 0 Å². The Morgan fingerprint density at radius 1 is 0.308 bits per heavy atom. The standard InChI is InChI=1S/C47H32N4O/c1-5-15-33(16-6-1)43-49-44(34-17-7-2-8-18-34)51-45(50-43)35-25-29-39(30-26-35)47(37-19-9-3-10-20-37,38-21-11-4-12-22-38)40-31-27-36(28-32-40)46-48-41-23-13-14-24-42(41)52-46/h1-32H. The summed E-state index contributed by atoms with van der Waals surface area (Å²) in [6.45, 7) is 0. The molecule has 5 heteroatoms. The third kappa shape index (κ3) is 5.64. The van der Waals surface area contributed by atoms with Crippen LogP contribution in [0.2, 0.25) is 0 Å². The van der Waals surface area contributed by atoms with Crippen LogP contribution >= 0.6 is 0 Å². The first-order chi connectivity index (χ1) is 25.8. The minimum absolute atomic E-state index is 0.601. The van der Waals surface area contributed by atoms with Gasteiger partial charge < -0.3 is 4.42 Å². The Labute approximate surface area is 302 Å². The zero-order valence-corrected chi connectivity index (χ0v) is 28.2. The van der Waals surface area contributed by atoms with Crippen LogP contribution in [0.3, 0.4) is 0 Å². The number of aromatic nitrogens is 4. The average molecular weight is 669 g/mol. The van der Waals surface area contributed by atoms with E-state index in [1.165, 1.54) is 0 Å². The molecule has 9 aromatic rings. The van der Waals surface area contributed by atoms with E-state index in [0.717, 1.165) is 55.6 Å². The van der Waals surface area contributed by atoms with Crippen molar-refractivity contribution < 1.29 is 4.42 Å². The van der Waals surface area contributed by atoms with Gasteiger partial charge in [-0.25, -0.2) is 19.9 Å². The zero-order chi connectivity index (χ0) is 34.7. The maximum atomic E-state index is 6.13. The molecule has 52 heavy (non-hydrogen) atoms. The molecule has 2 aromatic heterocycles. The summed E-state index contributed by atoms with van der Waals surface area (Å²) in [6.07, 6.45) is 0. The van der Waals surface area contributed by atoms with Crippen LogP contribution < -0.4 is 0 Å². The normalized spacial score (nSPS) is 11.5. The number of para-hydroxylation sites is 2. The topological polar surface area (TPSA) is 64.7 Å². The van der Waals surface area contributed by atoms with Crippen LogP contribution in [0.1, 0.15) is 22.3 Å². The lowest BCUT2D eigenvalue weighted by Crippen LogP contribution is -2.31. The molecule has 2 heterocycles. The number of rotatable bonds is 8. The minimum atomic E-state index is -0.635. The predicted octanol–water partition coefficient (Wildman–Crippen LogP) is 11.1. The van der Waals surface area contributed by atoms with Gasteiger partial charge in [0.25, 0.3) is 0 Å². The van der Waals surface area contributed by atoms with Crippen LogP contribution in [0.4, 0.5) is 0 Å². The highest BCUT2D eigenvalue weighted by atomic mass is 16.3. The first-order valence-electron chi connectivity index (χ1n) is 17.3. The van der Waals surface area contributed by atoms with Gasteiger partial charge in [-0.1, -0.05) is 170 Å². The molecule has 9 rings (SSSR count). The summed E-state index contributed by atoms with van der Waals surface area (Å²) < 4.78 is 6.13. The van der Waals surface area contributed by atoms with Gasteiger partial charge in [0.1, 0.15) is 5.52 Å². The van der Waals surface area contributed by atoms with Gasteiger partial charge in [-0.05, 0) is 46.5 Å². The molecule has 0 unspecified atom stereocenters. The Kier molecular flexibility index (Phi) is 7.99. The average Bonchev–Trinajstić information content (AvgIpc) is 3.68. The van der Waals surface area contributed by atoms with E-state index in [9.17, 15) is 0 Å². The molecule has 0 aliphatic carbocycles. The third-order valence-corrected chi connectivity index (χ3v) is 9.55. The van der Waals surface area contributed by atoms with Gasteiger partial charge in [0.05, 0.1) is 5.41 Å². The quantitative estimate of drug-likeness (QED) is 0.151. The molecule has 0 N–H and O–H groups in total. The lowest BCUT2D eigenvalue weighted by Gasteiger charge is -2.37. The fourth-order valence-corrected chi connectivity index (χ4v) is 7.04. The summed E-state index contributed by atoms with van der Waals surface area (Å²) in [7, 11) is 0. The maximum Gasteiger partial charge on any atom is 0.227 e. The van der Waals surface area contributed by atoms with Crippen LogP contribution in [0, 0.1) is 0 Å². The number of nitrogens with zero attached hydrogens (tertiary/aromatic N) is 4. The van der Waals surface area contributed by atoms with Crippen LogP contribution in [0.5, 0.6) is 0 Å². The molecule has 0 fully saturated rings. The second-order valence-corrected chi connectivity index (χ2v) is 12.7. The van der Waals surface area contributed by atoms with Crippen molar-refractivity contribution in [3.63, 3.8) is 0 Å². The minimum Gasteiger partial charge on any atom is -0.436 e. The molecule has 0 aliphatic heterocycles. The molecule has 0 aliphatic rings. The van der Waals surface area contributed by atoms with E-state index in [2.05, 4.69) is 109 Å². The molecule has 0 saturated carbocycles. The fourth-order valence-electron chi connectivity index (χ4n) is 7.04. The molecule has 5 nitrogen and oxygen atoms in total. The van der Waals surface area contributed by atoms with Gasteiger partial charge in [-0.2, -0.15) is 0 Å².